The Morgan fingerprint density at radius 2 is 1.80 bits per heavy atom. The van der Waals surface area contributed by atoms with Gasteiger partial charge in [-0.05, 0) is 18.9 Å². The summed E-state index contributed by atoms with van der Waals surface area (Å²) in [7, 11) is -2.95. The van der Waals surface area contributed by atoms with Crippen LogP contribution in [0.1, 0.15) is 18.9 Å². The van der Waals surface area contributed by atoms with Gasteiger partial charge in [0.25, 0.3) is 0 Å². The Hall–Kier alpha value is -0.870. The van der Waals surface area contributed by atoms with Crippen molar-refractivity contribution in [2.24, 2.45) is 5.73 Å². The summed E-state index contributed by atoms with van der Waals surface area (Å²) in [6.07, 6.45) is 1.67. The van der Waals surface area contributed by atoms with Crippen molar-refractivity contribution in [3.63, 3.8) is 0 Å². The average molecular weight is 227 g/mol. The Bertz CT molecular complexity index is 409. The summed E-state index contributed by atoms with van der Waals surface area (Å²) in [5, 5.41) is 0. The van der Waals surface area contributed by atoms with Crippen molar-refractivity contribution in [1.82, 2.24) is 0 Å². The van der Waals surface area contributed by atoms with Gasteiger partial charge in [0.05, 0.1) is 5.75 Å². The third-order valence-corrected chi connectivity index (χ3v) is 3.37. The SMILES string of the molecule is CC(N)(CCS(C)(=O)=O)c1ccccc1. The van der Waals surface area contributed by atoms with Crippen LogP contribution in [0, 0.1) is 0 Å². The van der Waals surface area contributed by atoms with Crippen LogP contribution in [0.2, 0.25) is 0 Å². The summed E-state index contributed by atoms with van der Waals surface area (Å²) in [6, 6.07) is 9.56. The Balaban J connectivity index is 2.76. The molecular weight excluding hydrogens is 210 g/mol. The van der Waals surface area contributed by atoms with Crippen molar-refractivity contribution < 1.29 is 8.42 Å². The zero-order valence-corrected chi connectivity index (χ0v) is 9.92. The summed E-state index contributed by atoms with van der Waals surface area (Å²) in [6.45, 7) is 1.85. The van der Waals surface area contributed by atoms with Gasteiger partial charge in [0.15, 0.2) is 0 Å². The molecule has 4 heteroatoms. The summed E-state index contributed by atoms with van der Waals surface area (Å²) in [4.78, 5) is 0. The van der Waals surface area contributed by atoms with E-state index >= 15 is 0 Å². The zero-order valence-electron chi connectivity index (χ0n) is 9.10. The van der Waals surface area contributed by atoms with Gasteiger partial charge in [0.2, 0.25) is 0 Å². The molecule has 0 aromatic heterocycles. The first-order chi connectivity index (χ1) is 6.81. The molecule has 1 unspecified atom stereocenters. The third kappa shape index (κ3) is 4.01. The first-order valence-corrected chi connectivity index (χ1v) is 6.89. The molecule has 0 saturated carbocycles. The normalized spacial score (nSPS) is 15.9. The van der Waals surface area contributed by atoms with Gasteiger partial charge in [0, 0.05) is 11.8 Å². The predicted molar refractivity (Wildman–Crippen MR) is 62.3 cm³/mol. The number of nitrogens with two attached hydrogens (primary N) is 1. The van der Waals surface area contributed by atoms with Crippen LogP contribution in [-0.2, 0) is 15.4 Å². The smallest absolute Gasteiger partial charge is 0.147 e. The van der Waals surface area contributed by atoms with Crippen molar-refractivity contribution in [1.29, 1.82) is 0 Å². The third-order valence-electron chi connectivity index (χ3n) is 2.43. The molecule has 0 aliphatic carbocycles. The summed E-state index contributed by atoms with van der Waals surface area (Å²) in [5.41, 5.74) is 6.47. The molecule has 0 saturated heterocycles. The lowest BCUT2D eigenvalue weighted by atomic mass is 9.91. The monoisotopic (exact) mass is 227 g/mol. The molecule has 0 bridgehead atoms. The highest BCUT2D eigenvalue weighted by atomic mass is 32.2. The molecule has 0 spiro atoms. The summed E-state index contributed by atoms with van der Waals surface area (Å²) in [5.74, 6) is 0.120. The van der Waals surface area contributed by atoms with E-state index in [1.165, 1.54) is 6.26 Å². The second-order valence-corrected chi connectivity index (χ2v) is 6.42. The minimum absolute atomic E-state index is 0.120. The van der Waals surface area contributed by atoms with Crippen LogP contribution in [0.5, 0.6) is 0 Å². The summed E-state index contributed by atoms with van der Waals surface area (Å²) < 4.78 is 22.1. The first kappa shape index (κ1) is 12.2. The van der Waals surface area contributed by atoms with Crippen molar-refractivity contribution >= 4 is 9.84 Å². The lowest BCUT2D eigenvalue weighted by molar-refractivity contribution is 0.473. The van der Waals surface area contributed by atoms with E-state index in [0.29, 0.717) is 6.42 Å². The molecule has 3 nitrogen and oxygen atoms in total. The molecule has 84 valence electrons. The summed E-state index contributed by atoms with van der Waals surface area (Å²) >= 11 is 0. The molecule has 2 N–H and O–H groups in total. The van der Waals surface area contributed by atoms with Gasteiger partial charge in [-0.2, -0.15) is 0 Å². The molecule has 1 atom stereocenters. The van der Waals surface area contributed by atoms with Gasteiger partial charge < -0.3 is 5.73 Å². The molecule has 15 heavy (non-hydrogen) atoms. The Morgan fingerprint density at radius 1 is 1.27 bits per heavy atom. The van der Waals surface area contributed by atoms with Crippen LogP contribution >= 0.6 is 0 Å². The number of hydrogen-bond acceptors (Lipinski definition) is 3. The van der Waals surface area contributed by atoms with Gasteiger partial charge in [-0.1, -0.05) is 30.3 Å². The Kier molecular flexibility index (Phi) is 3.52. The minimum Gasteiger partial charge on any atom is -0.322 e. The molecule has 0 aliphatic heterocycles. The average Bonchev–Trinajstić information content (AvgIpc) is 2.16. The van der Waals surface area contributed by atoms with E-state index in [-0.39, 0.29) is 5.75 Å². The number of hydrogen-bond donors (Lipinski definition) is 1. The van der Waals surface area contributed by atoms with E-state index in [4.69, 9.17) is 5.73 Å². The molecule has 1 aromatic rings. The minimum atomic E-state index is -2.95. The zero-order chi connectivity index (χ0) is 11.5. The van der Waals surface area contributed by atoms with Gasteiger partial charge in [-0.3, -0.25) is 0 Å². The molecular formula is C11H17NO2S. The Labute approximate surface area is 91.2 Å². The lowest BCUT2D eigenvalue weighted by Crippen LogP contribution is -2.35. The molecule has 0 aliphatic rings. The highest BCUT2D eigenvalue weighted by Crippen LogP contribution is 2.21. The molecule has 0 radical (unpaired) electrons. The number of sulfone groups is 1. The fourth-order valence-corrected chi connectivity index (χ4v) is 2.16. The molecule has 0 amide bonds. The van der Waals surface area contributed by atoms with Crippen LogP contribution in [0.15, 0.2) is 30.3 Å². The fraction of sp³-hybridized carbons (Fsp3) is 0.455. The second-order valence-electron chi connectivity index (χ2n) is 4.16. The topological polar surface area (TPSA) is 60.2 Å². The standard InChI is InChI=1S/C11H17NO2S/c1-11(12,8-9-15(2,13)14)10-6-4-3-5-7-10/h3-7H,8-9,12H2,1-2H3. The quantitative estimate of drug-likeness (QED) is 0.843. The maximum Gasteiger partial charge on any atom is 0.147 e. The molecule has 0 fully saturated rings. The van der Waals surface area contributed by atoms with E-state index in [1.807, 2.05) is 37.3 Å². The highest BCUT2D eigenvalue weighted by molar-refractivity contribution is 7.90. The lowest BCUT2D eigenvalue weighted by Gasteiger charge is -2.24. The maximum atomic E-state index is 11.1. The van der Waals surface area contributed by atoms with Gasteiger partial charge in [-0.25, -0.2) is 8.42 Å². The van der Waals surface area contributed by atoms with Gasteiger partial charge >= 0.3 is 0 Å². The van der Waals surface area contributed by atoms with Gasteiger partial charge in [0.1, 0.15) is 9.84 Å². The van der Waals surface area contributed by atoms with E-state index < -0.39 is 15.4 Å². The van der Waals surface area contributed by atoms with E-state index in [1.54, 1.807) is 0 Å². The number of benzene rings is 1. The molecule has 1 rings (SSSR count). The largest absolute Gasteiger partial charge is 0.322 e. The molecule has 1 aromatic carbocycles. The van der Waals surface area contributed by atoms with E-state index in [2.05, 4.69) is 0 Å². The van der Waals surface area contributed by atoms with Crippen molar-refractivity contribution in [3.8, 4) is 0 Å². The van der Waals surface area contributed by atoms with Crippen molar-refractivity contribution in [2.75, 3.05) is 12.0 Å². The molecule has 0 heterocycles. The van der Waals surface area contributed by atoms with Crippen LogP contribution in [0.4, 0.5) is 0 Å². The van der Waals surface area contributed by atoms with E-state index in [0.717, 1.165) is 5.56 Å². The maximum absolute atomic E-state index is 11.1. The first-order valence-electron chi connectivity index (χ1n) is 4.83. The van der Waals surface area contributed by atoms with E-state index in [9.17, 15) is 8.42 Å². The highest BCUT2D eigenvalue weighted by Gasteiger charge is 2.22. The van der Waals surface area contributed by atoms with Crippen LogP contribution in [0.3, 0.4) is 0 Å². The second kappa shape index (κ2) is 4.33. The van der Waals surface area contributed by atoms with Crippen molar-refractivity contribution in [3.05, 3.63) is 35.9 Å². The predicted octanol–water partition coefficient (Wildman–Crippen LogP) is 1.30. The van der Waals surface area contributed by atoms with Gasteiger partial charge in [-0.15, -0.1) is 0 Å². The fourth-order valence-electron chi connectivity index (χ4n) is 1.36. The van der Waals surface area contributed by atoms with Crippen LogP contribution in [-0.4, -0.2) is 20.4 Å². The van der Waals surface area contributed by atoms with Crippen LogP contribution < -0.4 is 5.73 Å². The van der Waals surface area contributed by atoms with Crippen molar-refractivity contribution in [2.45, 2.75) is 18.9 Å². The van der Waals surface area contributed by atoms with Crippen LogP contribution in [0.25, 0.3) is 0 Å². The Morgan fingerprint density at radius 3 is 2.27 bits per heavy atom. The number of rotatable bonds is 4.